The number of hydrogen-bond donors (Lipinski definition) is 4. The highest BCUT2D eigenvalue weighted by atomic mass is 35.5. The lowest BCUT2D eigenvalue weighted by Gasteiger charge is -2.30. The summed E-state index contributed by atoms with van der Waals surface area (Å²) in [5, 5.41) is 10.8. The Morgan fingerprint density at radius 1 is 1.10 bits per heavy atom. The van der Waals surface area contributed by atoms with E-state index in [2.05, 4.69) is 30.9 Å². The molecule has 1 aromatic carbocycles. The second-order valence-electron chi connectivity index (χ2n) is 10.4. The fourth-order valence-electron chi connectivity index (χ4n) is 4.97. The Bertz CT molecular complexity index is 1550. The van der Waals surface area contributed by atoms with Gasteiger partial charge in [-0.1, -0.05) is 29.8 Å². The Morgan fingerprint density at radius 3 is 2.76 bits per heavy atom. The number of aromatic amines is 1. The van der Waals surface area contributed by atoms with E-state index >= 15 is 0 Å². The number of carbonyl (C=O) groups is 2. The first-order valence-electron chi connectivity index (χ1n) is 13.6. The van der Waals surface area contributed by atoms with Crippen LogP contribution in [-0.4, -0.2) is 69.4 Å². The highest BCUT2D eigenvalue weighted by molar-refractivity contribution is 6.33. The number of H-pyrrole nitrogens is 1. The van der Waals surface area contributed by atoms with Gasteiger partial charge in [0, 0.05) is 47.4 Å². The fraction of sp³-hybridized carbons (Fsp3) is 0.300. The molecule has 11 heteroatoms. The Hall–Kier alpha value is -4.28. The molecule has 212 valence electrons. The number of nitrogens with one attached hydrogen (secondary N) is 4. The van der Waals surface area contributed by atoms with E-state index in [1.54, 1.807) is 24.4 Å². The van der Waals surface area contributed by atoms with Crippen molar-refractivity contribution in [3.05, 3.63) is 77.9 Å². The molecule has 0 spiro atoms. The molecule has 4 aromatic rings. The number of amides is 2. The quantitative estimate of drug-likeness (QED) is 0.210. The van der Waals surface area contributed by atoms with Crippen LogP contribution >= 0.6 is 11.6 Å². The third-order valence-corrected chi connectivity index (χ3v) is 7.22. The fourth-order valence-corrected chi connectivity index (χ4v) is 5.16. The lowest BCUT2D eigenvalue weighted by Crippen LogP contribution is -2.42. The van der Waals surface area contributed by atoms with E-state index in [-0.39, 0.29) is 23.9 Å². The molecule has 10 nitrogen and oxygen atoms in total. The Balaban J connectivity index is 1.18. The monoisotopic (exact) mass is 572 g/mol. The Kier molecular flexibility index (Phi) is 8.91. The zero-order valence-corrected chi connectivity index (χ0v) is 23.8. The van der Waals surface area contributed by atoms with Crippen molar-refractivity contribution in [2.24, 2.45) is 0 Å². The summed E-state index contributed by atoms with van der Waals surface area (Å²) in [6.45, 7) is 0.668. The van der Waals surface area contributed by atoms with Gasteiger partial charge in [-0.25, -0.2) is 15.0 Å². The predicted molar refractivity (Wildman–Crippen MR) is 162 cm³/mol. The molecular formula is C30H33ClN8O2. The van der Waals surface area contributed by atoms with Crippen molar-refractivity contribution in [1.82, 2.24) is 30.2 Å². The molecule has 1 saturated carbocycles. The van der Waals surface area contributed by atoms with Gasteiger partial charge in [0.1, 0.15) is 5.69 Å². The van der Waals surface area contributed by atoms with Crippen molar-refractivity contribution in [2.75, 3.05) is 31.3 Å². The average molecular weight is 573 g/mol. The Morgan fingerprint density at radius 2 is 1.95 bits per heavy atom. The Labute approximate surface area is 243 Å². The minimum absolute atomic E-state index is 0.0165. The maximum atomic E-state index is 12.9. The number of benzene rings is 1. The minimum Gasteiger partial charge on any atom is -0.361 e. The van der Waals surface area contributed by atoms with Gasteiger partial charge in [0.25, 0.3) is 5.91 Å². The van der Waals surface area contributed by atoms with Crippen LogP contribution in [0.5, 0.6) is 0 Å². The number of hydrogen-bond acceptors (Lipinski definition) is 7. The van der Waals surface area contributed by atoms with Crippen molar-refractivity contribution in [3.63, 3.8) is 0 Å². The maximum Gasteiger partial charge on any atom is 0.270 e. The van der Waals surface area contributed by atoms with Gasteiger partial charge >= 0.3 is 0 Å². The molecule has 1 aliphatic rings. The largest absolute Gasteiger partial charge is 0.361 e. The summed E-state index contributed by atoms with van der Waals surface area (Å²) in [5.41, 5.74) is 3.44. The smallest absolute Gasteiger partial charge is 0.270 e. The van der Waals surface area contributed by atoms with E-state index in [1.165, 1.54) is 12.3 Å². The van der Waals surface area contributed by atoms with Crippen LogP contribution in [0.1, 0.15) is 36.2 Å². The summed E-state index contributed by atoms with van der Waals surface area (Å²) in [4.78, 5) is 43.5. The molecule has 1 aliphatic carbocycles. The molecular weight excluding hydrogens is 540 g/mol. The summed E-state index contributed by atoms with van der Waals surface area (Å²) in [7, 11) is 3.85. The van der Waals surface area contributed by atoms with E-state index in [0.29, 0.717) is 34.6 Å². The minimum atomic E-state index is -0.246. The number of nitrogens with zero attached hydrogens (tertiary/aromatic N) is 4. The number of fused-ring (bicyclic) bond motifs is 1. The average Bonchev–Trinajstić information content (AvgIpc) is 3.44. The lowest BCUT2D eigenvalue weighted by atomic mass is 9.91. The van der Waals surface area contributed by atoms with Crippen LogP contribution in [-0.2, 0) is 4.79 Å². The highest BCUT2D eigenvalue weighted by Gasteiger charge is 2.25. The zero-order chi connectivity index (χ0) is 28.8. The SMILES string of the molecule is CN(C)CC=CC(=O)Nc1ccc(C(=O)NC2CCCC(Nc3ncc(Cl)c(-c4cccc5[nH]ccc45)n3)C2)nc1. The third-order valence-electron chi connectivity index (χ3n) is 6.94. The van der Waals surface area contributed by atoms with Crippen LogP contribution < -0.4 is 16.0 Å². The van der Waals surface area contributed by atoms with Crippen molar-refractivity contribution in [2.45, 2.75) is 37.8 Å². The molecule has 0 radical (unpaired) electrons. The summed E-state index contributed by atoms with van der Waals surface area (Å²) < 4.78 is 0. The molecule has 2 unspecified atom stereocenters. The van der Waals surface area contributed by atoms with Crippen molar-refractivity contribution in [1.29, 1.82) is 0 Å². The van der Waals surface area contributed by atoms with Gasteiger partial charge < -0.3 is 25.8 Å². The second-order valence-corrected chi connectivity index (χ2v) is 10.8. The van der Waals surface area contributed by atoms with Crippen LogP contribution in [0, 0.1) is 0 Å². The summed E-state index contributed by atoms with van der Waals surface area (Å²) in [6.07, 6.45) is 11.8. The molecule has 0 saturated heterocycles. The number of aromatic nitrogens is 4. The van der Waals surface area contributed by atoms with E-state index in [0.717, 1.165) is 42.1 Å². The molecule has 0 bridgehead atoms. The summed E-state index contributed by atoms with van der Waals surface area (Å²) >= 11 is 6.50. The second kappa shape index (κ2) is 12.9. The maximum absolute atomic E-state index is 12.9. The third kappa shape index (κ3) is 7.27. The van der Waals surface area contributed by atoms with Crippen molar-refractivity contribution in [3.8, 4) is 11.3 Å². The van der Waals surface area contributed by atoms with Gasteiger partial charge in [-0.05, 0) is 64.0 Å². The molecule has 3 aromatic heterocycles. The number of rotatable bonds is 9. The molecule has 3 heterocycles. The van der Waals surface area contributed by atoms with Crippen LogP contribution in [0.4, 0.5) is 11.6 Å². The highest BCUT2D eigenvalue weighted by Crippen LogP contribution is 2.32. The van der Waals surface area contributed by atoms with Gasteiger partial charge in [-0.15, -0.1) is 0 Å². The molecule has 2 atom stereocenters. The molecule has 4 N–H and O–H groups in total. The first kappa shape index (κ1) is 28.3. The van der Waals surface area contributed by atoms with Gasteiger partial charge in [-0.2, -0.15) is 0 Å². The summed E-state index contributed by atoms with van der Waals surface area (Å²) in [6, 6.07) is 11.4. The first-order chi connectivity index (χ1) is 19.9. The standard InChI is InChI=1S/C30H33ClN8O2/c1-39(2)15-5-10-27(40)35-21-11-12-26(33-17-21)29(41)36-19-6-3-7-20(16-19)37-30-34-18-24(31)28(38-30)23-8-4-9-25-22(23)13-14-32-25/h4-5,8-14,17-20,32H,3,6-7,15-16H2,1-2H3,(H,35,40)(H,36,41)(H,34,37,38). The van der Waals surface area contributed by atoms with Gasteiger partial charge in [-0.3, -0.25) is 9.59 Å². The van der Waals surface area contributed by atoms with Gasteiger partial charge in [0.05, 0.1) is 28.8 Å². The van der Waals surface area contributed by atoms with Crippen LogP contribution in [0.3, 0.4) is 0 Å². The van der Waals surface area contributed by atoms with E-state index in [1.807, 2.05) is 49.5 Å². The van der Waals surface area contributed by atoms with E-state index in [9.17, 15) is 9.59 Å². The number of likely N-dealkylation sites (N-methyl/N-ethyl adjacent to an activating group) is 1. The zero-order valence-electron chi connectivity index (χ0n) is 23.0. The van der Waals surface area contributed by atoms with Gasteiger partial charge in [0.15, 0.2) is 0 Å². The van der Waals surface area contributed by atoms with Crippen LogP contribution in [0.15, 0.2) is 67.1 Å². The number of carbonyl (C=O) groups excluding carboxylic acids is 2. The van der Waals surface area contributed by atoms with Gasteiger partial charge in [0.2, 0.25) is 11.9 Å². The normalized spacial score (nSPS) is 17.2. The number of halogens is 1. The molecule has 2 amide bonds. The lowest BCUT2D eigenvalue weighted by molar-refractivity contribution is -0.111. The van der Waals surface area contributed by atoms with E-state index < -0.39 is 0 Å². The molecule has 1 fully saturated rings. The molecule has 5 rings (SSSR count). The first-order valence-corrected chi connectivity index (χ1v) is 14.0. The number of pyridine rings is 1. The van der Waals surface area contributed by atoms with Crippen LogP contribution in [0.25, 0.3) is 22.2 Å². The van der Waals surface area contributed by atoms with Crippen molar-refractivity contribution >= 4 is 46.0 Å². The summed E-state index contributed by atoms with van der Waals surface area (Å²) in [5.74, 6) is 0.0127. The van der Waals surface area contributed by atoms with E-state index in [4.69, 9.17) is 16.6 Å². The topological polar surface area (TPSA) is 128 Å². The number of anilines is 2. The molecule has 41 heavy (non-hydrogen) atoms. The molecule has 0 aliphatic heterocycles. The van der Waals surface area contributed by atoms with Crippen molar-refractivity contribution < 1.29 is 9.59 Å². The van der Waals surface area contributed by atoms with Crippen LogP contribution in [0.2, 0.25) is 5.02 Å². The predicted octanol–water partition coefficient (Wildman–Crippen LogP) is 4.88.